The first kappa shape index (κ1) is 26.8. The van der Waals surface area contributed by atoms with E-state index in [-0.39, 0.29) is 37.5 Å². The monoisotopic (exact) mass is 490 g/mol. The van der Waals surface area contributed by atoms with E-state index in [2.05, 4.69) is 0 Å². The van der Waals surface area contributed by atoms with Crippen LogP contribution in [0.5, 0.6) is 5.75 Å². The van der Waals surface area contributed by atoms with Crippen LogP contribution in [0.3, 0.4) is 0 Å². The summed E-state index contributed by atoms with van der Waals surface area (Å²) in [6, 6.07) is 9.75. The average molecular weight is 490 g/mol. The van der Waals surface area contributed by atoms with Crippen molar-refractivity contribution in [2.75, 3.05) is 19.8 Å². The van der Waals surface area contributed by atoms with Gasteiger partial charge in [0.15, 0.2) is 8.69 Å². The highest BCUT2D eigenvalue weighted by atomic mass is 31.1. The van der Waals surface area contributed by atoms with Crippen LogP contribution in [0.25, 0.3) is 0 Å². The number of aliphatic hydroxyl groups excluding tert-OH is 1. The smallest absolute Gasteiger partial charge is 0.419 e. The Morgan fingerprint density at radius 1 is 1.12 bits per heavy atom. The number of nitrogens with zero attached hydrogens (tertiary/aromatic N) is 1. The molecule has 8 nitrogen and oxygen atoms in total. The van der Waals surface area contributed by atoms with Crippen molar-refractivity contribution in [2.45, 2.75) is 37.4 Å². The van der Waals surface area contributed by atoms with Gasteiger partial charge in [0.05, 0.1) is 35.8 Å². The maximum Gasteiger partial charge on any atom is 0.419 e. The Labute approximate surface area is 189 Å². The number of rotatable bonds is 13. The summed E-state index contributed by atoms with van der Waals surface area (Å²) in [5.74, 6) is -0.315. The van der Waals surface area contributed by atoms with Crippen molar-refractivity contribution in [3.63, 3.8) is 0 Å². The van der Waals surface area contributed by atoms with Gasteiger partial charge >= 0.3 is 6.18 Å². The standard InChI is InChI=1S/C21H26F3N2O6P/c22-21(23,24)18-12-16(8-9-20(25,13-27)14-32-33-30)6-7-19(18)31-10-2-4-15-3-1-5-17(11-15)26(28)29/h1,3,5-7,11-12,27H,2,4,8-10,13-14,25,33H2. The lowest BCUT2D eigenvalue weighted by Gasteiger charge is -2.26. The minimum Gasteiger partial charge on any atom is -0.493 e. The molecule has 2 atom stereocenters. The first-order chi connectivity index (χ1) is 15.6. The molecule has 0 fully saturated rings. The number of aliphatic hydroxyl groups is 1. The third kappa shape index (κ3) is 8.43. The van der Waals surface area contributed by atoms with Crippen LogP contribution in [0.4, 0.5) is 18.9 Å². The van der Waals surface area contributed by atoms with Crippen molar-refractivity contribution in [3.8, 4) is 5.75 Å². The second kappa shape index (κ2) is 12.1. The first-order valence-electron chi connectivity index (χ1n) is 10.1. The Kier molecular flexibility index (Phi) is 9.85. The number of aryl methyl sites for hydroxylation is 2. The van der Waals surface area contributed by atoms with Gasteiger partial charge in [0, 0.05) is 12.1 Å². The predicted octanol–water partition coefficient (Wildman–Crippen LogP) is 3.94. The maximum atomic E-state index is 13.6. The largest absolute Gasteiger partial charge is 0.493 e. The van der Waals surface area contributed by atoms with Gasteiger partial charge in [-0.25, -0.2) is 0 Å². The Bertz CT molecular complexity index is 960. The number of nitro groups is 1. The molecule has 2 aromatic carbocycles. The lowest BCUT2D eigenvalue weighted by molar-refractivity contribution is -0.384. The number of non-ortho nitro benzene ring substituents is 1. The van der Waals surface area contributed by atoms with E-state index in [4.69, 9.17) is 15.0 Å². The number of nitrogens with two attached hydrogens (primary N) is 1. The van der Waals surface area contributed by atoms with E-state index in [1.54, 1.807) is 12.1 Å². The molecule has 182 valence electrons. The lowest BCUT2D eigenvalue weighted by atomic mass is 9.93. The van der Waals surface area contributed by atoms with E-state index in [9.17, 15) is 33.0 Å². The number of halogens is 3. The molecule has 0 radical (unpaired) electrons. The fraction of sp³-hybridized carbons (Fsp3) is 0.429. The van der Waals surface area contributed by atoms with Crippen molar-refractivity contribution >= 4 is 14.4 Å². The molecule has 0 amide bonds. The quantitative estimate of drug-likeness (QED) is 0.189. The van der Waals surface area contributed by atoms with Gasteiger partial charge in [-0.3, -0.25) is 14.7 Å². The molecule has 0 saturated heterocycles. The van der Waals surface area contributed by atoms with Crippen molar-refractivity contribution in [1.29, 1.82) is 0 Å². The van der Waals surface area contributed by atoms with Crippen LogP contribution >= 0.6 is 8.69 Å². The molecule has 0 aliphatic rings. The van der Waals surface area contributed by atoms with Gasteiger partial charge in [-0.15, -0.1) is 0 Å². The Balaban J connectivity index is 2.02. The molecule has 0 aliphatic heterocycles. The Morgan fingerprint density at radius 2 is 1.85 bits per heavy atom. The van der Waals surface area contributed by atoms with E-state index in [0.717, 1.165) is 6.07 Å². The van der Waals surface area contributed by atoms with Gasteiger partial charge in [0.1, 0.15) is 5.75 Å². The zero-order chi connectivity index (χ0) is 24.5. The van der Waals surface area contributed by atoms with Crippen molar-refractivity contribution in [3.05, 3.63) is 69.3 Å². The highest BCUT2D eigenvalue weighted by molar-refractivity contribution is 7.17. The number of nitro benzene ring substituents is 1. The predicted molar refractivity (Wildman–Crippen MR) is 117 cm³/mol. The number of ether oxygens (including phenoxy) is 1. The van der Waals surface area contributed by atoms with Gasteiger partial charge in [-0.2, -0.15) is 13.2 Å². The Hall–Kier alpha value is -2.46. The first-order valence-corrected chi connectivity index (χ1v) is 11.0. The van der Waals surface area contributed by atoms with Gasteiger partial charge in [0.2, 0.25) is 0 Å². The molecule has 2 aromatic rings. The summed E-state index contributed by atoms with van der Waals surface area (Å²) in [6.45, 7) is -0.638. The molecule has 12 heteroatoms. The summed E-state index contributed by atoms with van der Waals surface area (Å²) in [6.07, 6.45) is -3.59. The van der Waals surface area contributed by atoms with E-state index in [1.165, 1.54) is 24.3 Å². The normalized spacial score (nSPS) is 13.8. The van der Waals surface area contributed by atoms with Crippen LogP contribution < -0.4 is 10.5 Å². The number of hydrogen-bond acceptors (Lipinski definition) is 7. The van der Waals surface area contributed by atoms with E-state index in [0.29, 0.717) is 24.0 Å². The zero-order valence-corrected chi connectivity index (χ0v) is 18.9. The minimum atomic E-state index is -4.64. The fourth-order valence-electron chi connectivity index (χ4n) is 3.15. The van der Waals surface area contributed by atoms with Gasteiger partial charge < -0.3 is 20.1 Å². The summed E-state index contributed by atoms with van der Waals surface area (Å²) in [7, 11) is -1.50. The third-order valence-electron chi connectivity index (χ3n) is 5.00. The van der Waals surface area contributed by atoms with Crippen LogP contribution in [0, 0.1) is 10.1 Å². The van der Waals surface area contributed by atoms with Gasteiger partial charge in [-0.05, 0) is 48.9 Å². The van der Waals surface area contributed by atoms with Crippen LogP contribution in [0.15, 0.2) is 42.5 Å². The van der Waals surface area contributed by atoms with Crippen LogP contribution in [-0.4, -0.2) is 35.4 Å². The molecular formula is C21H26F3N2O6P. The van der Waals surface area contributed by atoms with Gasteiger partial charge in [-0.1, -0.05) is 18.2 Å². The molecule has 3 N–H and O–H groups in total. The van der Waals surface area contributed by atoms with Crippen LogP contribution in [0.1, 0.15) is 29.5 Å². The van der Waals surface area contributed by atoms with Crippen LogP contribution in [0.2, 0.25) is 0 Å². The summed E-state index contributed by atoms with van der Waals surface area (Å²) >= 11 is 0. The van der Waals surface area contributed by atoms with Crippen molar-refractivity contribution in [1.82, 2.24) is 0 Å². The molecule has 0 bridgehead atoms. The molecule has 2 rings (SSSR count). The van der Waals surface area contributed by atoms with Crippen molar-refractivity contribution in [2.24, 2.45) is 5.73 Å². The van der Waals surface area contributed by atoms with Crippen molar-refractivity contribution < 1.29 is 37.0 Å². The average Bonchev–Trinajstić information content (AvgIpc) is 2.79. The maximum absolute atomic E-state index is 13.6. The molecule has 0 aromatic heterocycles. The summed E-state index contributed by atoms with van der Waals surface area (Å²) in [5, 5.41) is 20.3. The summed E-state index contributed by atoms with van der Waals surface area (Å²) < 4.78 is 61.4. The second-order valence-electron chi connectivity index (χ2n) is 7.64. The molecule has 0 spiro atoms. The van der Waals surface area contributed by atoms with Crippen LogP contribution in [-0.2, 0) is 28.1 Å². The zero-order valence-electron chi connectivity index (χ0n) is 17.7. The molecule has 0 heterocycles. The topological polar surface area (TPSA) is 125 Å². The highest BCUT2D eigenvalue weighted by Gasteiger charge is 2.35. The second-order valence-corrected chi connectivity index (χ2v) is 8.16. The van der Waals surface area contributed by atoms with E-state index in [1.807, 2.05) is 0 Å². The molecular weight excluding hydrogens is 464 g/mol. The summed E-state index contributed by atoms with van der Waals surface area (Å²) in [5.41, 5.74) is 4.81. The number of hydrogen-bond donors (Lipinski definition) is 2. The Morgan fingerprint density at radius 3 is 2.48 bits per heavy atom. The van der Waals surface area contributed by atoms with Gasteiger partial charge in [0.25, 0.3) is 5.69 Å². The molecule has 0 aliphatic carbocycles. The van der Waals surface area contributed by atoms with E-state index < -0.39 is 37.5 Å². The SMILES string of the molecule is NC(CO)(CCc1ccc(OCCCc2cccc([N+](=O)[O-])c2)c(C(F)(F)F)c1)CO[PH2]=O. The number of alkyl halides is 3. The molecule has 2 unspecified atom stereocenters. The number of benzene rings is 2. The minimum absolute atomic E-state index is 0.00356. The highest BCUT2D eigenvalue weighted by Crippen LogP contribution is 2.37. The third-order valence-corrected chi connectivity index (χ3v) is 5.31. The van der Waals surface area contributed by atoms with E-state index >= 15 is 0 Å². The molecule has 33 heavy (non-hydrogen) atoms. The lowest BCUT2D eigenvalue weighted by Crippen LogP contribution is -2.47. The summed E-state index contributed by atoms with van der Waals surface area (Å²) in [4.78, 5) is 10.3. The molecule has 0 saturated carbocycles. The fourth-order valence-corrected chi connectivity index (χ4v) is 3.55.